The fourth-order valence-corrected chi connectivity index (χ4v) is 2.44. The molecule has 2 nitrogen and oxygen atoms in total. The van der Waals surface area contributed by atoms with Crippen molar-refractivity contribution in [3.8, 4) is 0 Å². The van der Waals surface area contributed by atoms with Crippen LogP contribution in [0, 0.1) is 5.82 Å². The molecule has 0 radical (unpaired) electrons. The lowest BCUT2D eigenvalue weighted by Gasteiger charge is -2.19. The van der Waals surface area contributed by atoms with Crippen molar-refractivity contribution in [1.82, 2.24) is 4.90 Å². The molecule has 1 aromatic carbocycles. The Balaban J connectivity index is 2.21. The molecule has 17 heavy (non-hydrogen) atoms. The van der Waals surface area contributed by atoms with E-state index in [-0.39, 0.29) is 16.5 Å². The van der Waals surface area contributed by atoms with Gasteiger partial charge >= 0.3 is 0 Å². The summed E-state index contributed by atoms with van der Waals surface area (Å²) in [5.41, 5.74) is 0.149. The van der Waals surface area contributed by atoms with Crippen LogP contribution < -0.4 is 0 Å². The van der Waals surface area contributed by atoms with Gasteiger partial charge in [0.2, 0.25) is 5.91 Å². The van der Waals surface area contributed by atoms with E-state index in [1.165, 1.54) is 12.1 Å². The highest BCUT2D eigenvalue weighted by atomic mass is 35.5. The number of carbonyl (C=O) groups excluding carboxylic acids is 1. The van der Waals surface area contributed by atoms with E-state index in [1.807, 2.05) is 0 Å². The normalized spacial score (nSPS) is 17.2. The van der Waals surface area contributed by atoms with Crippen LogP contribution in [-0.2, 0) is 4.79 Å². The minimum atomic E-state index is -0.994. The predicted molar refractivity (Wildman–Crippen MR) is 65.8 cm³/mol. The maximum Gasteiger partial charge on any atom is 0.245 e. The maximum atomic E-state index is 13.7. The summed E-state index contributed by atoms with van der Waals surface area (Å²) in [5, 5.41) is -1.01. The van der Waals surface area contributed by atoms with Gasteiger partial charge in [0, 0.05) is 18.7 Å². The van der Waals surface area contributed by atoms with Gasteiger partial charge in [-0.1, -0.05) is 23.7 Å². The minimum absolute atomic E-state index is 0.0117. The van der Waals surface area contributed by atoms with Crippen LogP contribution in [0.15, 0.2) is 18.2 Å². The third-order valence-corrected chi connectivity index (χ3v) is 3.60. The second kappa shape index (κ2) is 5.23. The molecule has 0 bridgehead atoms. The second-order valence-corrected chi connectivity index (χ2v) is 4.88. The summed E-state index contributed by atoms with van der Waals surface area (Å²) >= 11 is 11.7. The number of nitrogens with zero attached hydrogens (tertiary/aromatic N) is 1. The lowest BCUT2D eigenvalue weighted by Crippen LogP contribution is -2.31. The Kier molecular flexibility index (Phi) is 3.89. The zero-order valence-electron chi connectivity index (χ0n) is 9.13. The van der Waals surface area contributed by atoms with Gasteiger partial charge in [0.05, 0.1) is 5.02 Å². The lowest BCUT2D eigenvalue weighted by molar-refractivity contribution is -0.129. The van der Waals surface area contributed by atoms with Crippen LogP contribution >= 0.6 is 23.2 Å². The molecule has 1 saturated heterocycles. The van der Waals surface area contributed by atoms with Crippen LogP contribution in [-0.4, -0.2) is 23.9 Å². The molecule has 0 saturated carbocycles. The number of benzene rings is 1. The molecule has 1 aromatic rings. The Labute approximate surface area is 109 Å². The predicted octanol–water partition coefficient (Wildman–Crippen LogP) is 3.38. The van der Waals surface area contributed by atoms with Gasteiger partial charge < -0.3 is 4.90 Å². The maximum absolute atomic E-state index is 13.7. The molecule has 0 N–H and O–H groups in total. The van der Waals surface area contributed by atoms with Crippen LogP contribution in [0.2, 0.25) is 5.02 Å². The van der Waals surface area contributed by atoms with E-state index in [9.17, 15) is 9.18 Å². The minimum Gasteiger partial charge on any atom is -0.341 e. The van der Waals surface area contributed by atoms with Crippen molar-refractivity contribution in [3.63, 3.8) is 0 Å². The number of rotatable bonds is 2. The molecule has 0 spiro atoms. The van der Waals surface area contributed by atoms with Crippen molar-refractivity contribution in [2.75, 3.05) is 13.1 Å². The lowest BCUT2D eigenvalue weighted by atomic mass is 10.1. The quantitative estimate of drug-likeness (QED) is 0.758. The fraction of sp³-hybridized carbons (Fsp3) is 0.417. The summed E-state index contributed by atoms with van der Waals surface area (Å²) < 4.78 is 13.7. The Morgan fingerprint density at radius 3 is 2.65 bits per heavy atom. The zero-order chi connectivity index (χ0) is 12.4. The van der Waals surface area contributed by atoms with Gasteiger partial charge in [0.25, 0.3) is 0 Å². The fourth-order valence-electron chi connectivity index (χ4n) is 1.95. The van der Waals surface area contributed by atoms with E-state index in [4.69, 9.17) is 23.2 Å². The molecule has 92 valence electrons. The molecule has 1 heterocycles. The largest absolute Gasteiger partial charge is 0.341 e. The summed E-state index contributed by atoms with van der Waals surface area (Å²) in [6.45, 7) is 1.40. The Hall–Kier alpha value is -0.800. The van der Waals surface area contributed by atoms with Gasteiger partial charge in [-0.15, -0.1) is 11.6 Å². The average molecular weight is 276 g/mol. The van der Waals surface area contributed by atoms with E-state index < -0.39 is 11.2 Å². The highest BCUT2D eigenvalue weighted by Crippen LogP contribution is 2.30. The molecule has 1 aliphatic heterocycles. The smallest absolute Gasteiger partial charge is 0.245 e. The van der Waals surface area contributed by atoms with Crippen LogP contribution in [0.25, 0.3) is 0 Å². The summed E-state index contributed by atoms with van der Waals surface area (Å²) in [6.07, 6.45) is 1.96. The Bertz CT molecular complexity index is 433. The molecule has 2 rings (SSSR count). The molecular formula is C12H12Cl2FNO. The van der Waals surface area contributed by atoms with Crippen molar-refractivity contribution < 1.29 is 9.18 Å². The van der Waals surface area contributed by atoms with E-state index in [1.54, 1.807) is 11.0 Å². The van der Waals surface area contributed by atoms with Crippen molar-refractivity contribution in [1.29, 1.82) is 0 Å². The first kappa shape index (κ1) is 12.7. The summed E-state index contributed by atoms with van der Waals surface area (Å²) in [6, 6.07) is 4.52. The number of amides is 1. The zero-order valence-corrected chi connectivity index (χ0v) is 10.6. The second-order valence-electron chi connectivity index (χ2n) is 4.04. The van der Waals surface area contributed by atoms with Gasteiger partial charge in [-0.2, -0.15) is 0 Å². The Morgan fingerprint density at radius 1 is 1.35 bits per heavy atom. The summed E-state index contributed by atoms with van der Waals surface area (Å²) in [4.78, 5) is 13.7. The molecular weight excluding hydrogens is 264 g/mol. The number of hydrogen-bond donors (Lipinski definition) is 0. The number of halogens is 3. The van der Waals surface area contributed by atoms with Crippen molar-refractivity contribution in [2.45, 2.75) is 18.2 Å². The van der Waals surface area contributed by atoms with Gasteiger partial charge in [-0.05, 0) is 18.9 Å². The molecule has 0 aromatic heterocycles. The van der Waals surface area contributed by atoms with E-state index in [0.29, 0.717) is 13.1 Å². The van der Waals surface area contributed by atoms with Crippen molar-refractivity contribution in [2.24, 2.45) is 0 Å². The molecule has 5 heteroatoms. The topological polar surface area (TPSA) is 20.3 Å². The molecule has 1 unspecified atom stereocenters. The van der Waals surface area contributed by atoms with Crippen molar-refractivity contribution in [3.05, 3.63) is 34.6 Å². The van der Waals surface area contributed by atoms with Crippen LogP contribution in [0.1, 0.15) is 23.8 Å². The van der Waals surface area contributed by atoms with E-state index in [2.05, 4.69) is 0 Å². The molecule has 1 amide bonds. The first-order chi connectivity index (χ1) is 8.11. The Morgan fingerprint density at radius 2 is 2.00 bits per heavy atom. The van der Waals surface area contributed by atoms with Gasteiger partial charge in [0.1, 0.15) is 11.2 Å². The first-order valence-electron chi connectivity index (χ1n) is 5.48. The summed E-state index contributed by atoms with van der Waals surface area (Å²) in [5.74, 6) is -0.855. The monoisotopic (exact) mass is 275 g/mol. The molecule has 1 aliphatic rings. The third-order valence-electron chi connectivity index (χ3n) is 2.89. The van der Waals surface area contributed by atoms with Crippen LogP contribution in [0.5, 0.6) is 0 Å². The molecule has 0 aliphatic carbocycles. The van der Waals surface area contributed by atoms with Crippen molar-refractivity contribution >= 4 is 29.1 Å². The number of hydrogen-bond acceptors (Lipinski definition) is 1. The third kappa shape index (κ3) is 2.55. The highest BCUT2D eigenvalue weighted by molar-refractivity contribution is 6.32. The van der Waals surface area contributed by atoms with Gasteiger partial charge in [-0.3, -0.25) is 4.79 Å². The summed E-state index contributed by atoms with van der Waals surface area (Å²) in [7, 11) is 0. The van der Waals surface area contributed by atoms with Crippen LogP contribution in [0.4, 0.5) is 4.39 Å². The van der Waals surface area contributed by atoms with E-state index >= 15 is 0 Å². The molecule has 1 fully saturated rings. The highest BCUT2D eigenvalue weighted by Gasteiger charge is 2.28. The average Bonchev–Trinajstić information content (AvgIpc) is 2.84. The van der Waals surface area contributed by atoms with E-state index in [0.717, 1.165) is 12.8 Å². The number of carbonyl (C=O) groups is 1. The molecule has 1 atom stereocenters. The van der Waals surface area contributed by atoms with Gasteiger partial charge in [-0.25, -0.2) is 4.39 Å². The number of likely N-dealkylation sites (tertiary alicyclic amines) is 1. The number of alkyl halides is 1. The first-order valence-corrected chi connectivity index (χ1v) is 6.29. The van der Waals surface area contributed by atoms with Gasteiger partial charge in [0.15, 0.2) is 0 Å². The SMILES string of the molecule is O=C(C(Cl)c1cccc(Cl)c1F)N1CCCC1. The standard InChI is InChI=1S/C12H12Cl2FNO/c13-9-5-3-4-8(11(9)15)10(14)12(17)16-6-1-2-7-16/h3-5,10H,1-2,6-7H2. The van der Waals surface area contributed by atoms with Crippen LogP contribution in [0.3, 0.4) is 0 Å².